The van der Waals surface area contributed by atoms with Crippen LogP contribution < -0.4 is 10.7 Å². The summed E-state index contributed by atoms with van der Waals surface area (Å²) < 4.78 is 6.77. The monoisotopic (exact) mass is 533 g/mol. The first-order valence-electron chi connectivity index (χ1n) is 9.85. The van der Waals surface area contributed by atoms with Crippen LogP contribution in [0.1, 0.15) is 50.6 Å². The lowest BCUT2D eigenvalue weighted by atomic mass is 9.93. The molecule has 1 heterocycles. The minimum absolute atomic E-state index is 0.180. The van der Waals surface area contributed by atoms with E-state index in [0.29, 0.717) is 51.2 Å². The van der Waals surface area contributed by atoms with Crippen LogP contribution in [0.2, 0.25) is 10.0 Å². The molecule has 6 nitrogen and oxygen atoms in total. The van der Waals surface area contributed by atoms with Crippen molar-refractivity contribution in [2.24, 2.45) is 5.10 Å². The maximum atomic E-state index is 12.9. The first kappa shape index (κ1) is 22.6. The number of nitrogens with zero attached hydrogens (tertiary/aromatic N) is 1. The van der Waals surface area contributed by atoms with Crippen molar-refractivity contribution in [3.8, 4) is 0 Å². The highest BCUT2D eigenvalue weighted by Crippen LogP contribution is 2.31. The van der Waals surface area contributed by atoms with Gasteiger partial charge in [0, 0.05) is 32.6 Å². The number of halogens is 3. The molecule has 4 rings (SSSR count). The number of hydrazone groups is 1. The zero-order valence-corrected chi connectivity index (χ0v) is 20.1. The molecule has 32 heavy (non-hydrogen) atoms. The van der Waals surface area contributed by atoms with Crippen LogP contribution in [0, 0.1) is 6.92 Å². The number of anilines is 1. The number of amides is 2. The molecule has 0 bridgehead atoms. The first-order chi connectivity index (χ1) is 15.3. The molecule has 2 N–H and O–H groups in total. The van der Waals surface area contributed by atoms with Gasteiger partial charge in [-0.15, -0.1) is 0 Å². The van der Waals surface area contributed by atoms with Gasteiger partial charge < -0.3 is 9.73 Å². The number of furan rings is 1. The summed E-state index contributed by atoms with van der Waals surface area (Å²) in [6, 6.07) is 11.8. The van der Waals surface area contributed by atoms with Crippen LogP contribution in [0.5, 0.6) is 0 Å². The van der Waals surface area contributed by atoms with Gasteiger partial charge in [0.2, 0.25) is 0 Å². The lowest BCUT2D eigenvalue weighted by Crippen LogP contribution is -2.22. The number of rotatable bonds is 4. The van der Waals surface area contributed by atoms with Crippen molar-refractivity contribution >= 4 is 62.3 Å². The van der Waals surface area contributed by atoms with Crippen molar-refractivity contribution < 1.29 is 14.0 Å². The highest BCUT2D eigenvalue weighted by Gasteiger charge is 2.28. The zero-order valence-electron chi connectivity index (χ0n) is 17.0. The molecule has 1 aromatic heterocycles. The Labute approximate surface area is 203 Å². The predicted octanol–water partition coefficient (Wildman–Crippen LogP) is 6.38. The summed E-state index contributed by atoms with van der Waals surface area (Å²) in [6.07, 6.45) is 2.14. The molecule has 0 fully saturated rings. The lowest BCUT2D eigenvalue weighted by Gasteiger charge is -2.13. The van der Waals surface area contributed by atoms with Crippen molar-refractivity contribution in [3.05, 3.63) is 85.2 Å². The van der Waals surface area contributed by atoms with Gasteiger partial charge in [-0.1, -0.05) is 39.1 Å². The van der Waals surface area contributed by atoms with Gasteiger partial charge in [0.25, 0.3) is 11.8 Å². The number of nitrogens with one attached hydrogen (secondary N) is 2. The molecule has 0 saturated heterocycles. The fourth-order valence-corrected chi connectivity index (χ4v) is 4.15. The molecule has 0 radical (unpaired) electrons. The lowest BCUT2D eigenvalue weighted by molar-refractivity contribution is 0.0953. The molecular formula is C23H18BrCl2N3O3. The minimum atomic E-state index is -0.431. The van der Waals surface area contributed by atoms with E-state index in [2.05, 4.69) is 31.8 Å². The van der Waals surface area contributed by atoms with Crippen molar-refractivity contribution in [1.29, 1.82) is 0 Å². The highest BCUT2D eigenvalue weighted by molar-refractivity contribution is 9.10. The molecule has 0 aliphatic heterocycles. The van der Waals surface area contributed by atoms with E-state index in [4.69, 9.17) is 27.6 Å². The largest absolute Gasteiger partial charge is 0.455 e. The van der Waals surface area contributed by atoms with Crippen molar-refractivity contribution in [1.82, 2.24) is 5.43 Å². The van der Waals surface area contributed by atoms with Gasteiger partial charge in [-0.25, -0.2) is 5.43 Å². The smallest absolute Gasteiger partial charge is 0.291 e. The second-order valence-corrected chi connectivity index (χ2v) is 9.05. The van der Waals surface area contributed by atoms with Crippen LogP contribution in [0.3, 0.4) is 0 Å². The van der Waals surface area contributed by atoms with E-state index in [1.165, 1.54) is 0 Å². The number of hydrogen-bond donors (Lipinski definition) is 2. The number of carbonyl (C=O) groups excluding carboxylic acids is 2. The zero-order chi connectivity index (χ0) is 22.8. The van der Waals surface area contributed by atoms with Crippen LogP contribution in [0.15, 0.2) is 56.5 Å². The van der Waals surface area contributed by atoms with Crippen LogP contribution in [-0.2, 0) is 6.42 Å². The number of aryl methyl sites for hydroxylation is 1. The van der Waals surface area contributed by atoms with E-state index < -0.39 is 5.91 Å². The van der Waals surface area contributed by atoms with Gasteiger partial charge >= 0.3 is 0 Å². The molecule has 0 saturated carbocycles. The number of carbonyl (C=O) groups is 2. The third-order valence-electron chi connectivity index (χ3n) is 5.11. The molecule has 2 amide bonds. The minimum Gasteiger partial charge on any atom is -0.455 e. The van der Waals surface area contributed by atoms with Gasteiger partial charge in [-0.3, -0.25) is 9.59 Å². The molecule has 0 spiro atoms. The van der Waals surface area contributed by atoms with Crippen molar-refractivity contribution in [2.75, 3.05) is 5.32 Å². The quantitative estimate of drug-likeness (QED) is 0.381. The maximum Gasteiger partial charge on any atom is 0.291 e. The summed E-state index contributed by atoms with van der Waals surface area (Å²) in [5.41, 5.74) is 5.60. The number of hydrogen-bond acceptors (Lipinski definition) is 4. The topological polar surface area (TPSA) is 83.7 Å². The molecule has 0 unspecified atom stereocenters. The summed E-state index contributed by atoms with van der Waals surface area (Å²) in [7, 11) is 0. The Morgan fingerprint density at radius 2 is 1.81 bits per heavy atom. The summed E-state index contributed by atoms with van der Waals surface area (Å²) in [5.74, 6) is 0.110. The first-order valence-corrected chi connectivity index (χ1v) is 11.4. The van der Waals surface area contributed by atoms with E-state index in [9.17, 15) is 9.59 Å². The maximum absolute atomic E-state index is 12.9. The van der Waals surface area contributed by atoms with Crippen LogP contribution in [0.25, 0.3) is 0 Å². The van der Waals surface area contributed by atoms with Crippen LogP contribution in [-0.4, -0.2) is 17.5 Å². The summed E-state index contributed by atoms with van der Waals surface area (Å²) in [6.45, 7) is 1.80. The third-order valence-corrected chi connectivity index (χ3v) is 6.20. The summed E-state index contributed by atoms with van der Waals surface area (Å²) in [5, 5.41) is 7.91. The Kier molecular flexibility index (Phi) is 6.69. The molecule has 1 aliphatic carbocycles. The van der Waals surface area contributed by atoms with E-state index in [-0.39, 0.29) is 11.7 Å². The van der Waals surface area contributed by atoms with Gasteiger partial charge in [-0.2, -0.15) is 5.10 Å². The highest BCUT2D eigenvalue weighted by atomic mass is 79.9. The van der Waals surface area contributed by atoms with Gasteiger partial charge in [0.15, 0.2) is 5.76 Å². The molecule has 1 aliphatic rings. The standard InChI is InChI=1S/C23H18BrCl2N3O3/c1-12-20-17(28-29-22(30)13-5-7-14(24)8-6-13)3-2-4-19(20)32-21(12)23(31)27-18-11-15(25)9-10-16(18)26/h5-11H,2-4H2,1H3,(H,27,31)(H,29,30)/b28-17+. The average Bonchev–Trinajstić information content (AvgIpc) is 3.12. The molecule has 2 aromatic carbocycles. The van der Waals surface area contributed by atoms with Gasteiger partial charge in [0.1, 0.15) is 5.76 Å². The van der Waals surface area contributed by atoms with Crippen LogP contribution >= 0.6 is 39.1 Å². The van der Waals surface area contributed by atoms with E-state index >= 15 is 0 Å². The molecule has 9 heteroatoms. The third kappa shape index (κ3) is 4.75. The molecule has 164 valence electrons. The van der Waals surface area contributed by atoms with Crippen LogP contribution in [0.4, 0.5) is 5.69 Å². The van der Waals surface area contributed by atoms with E-state index in [1.54, 1.807) is 49.4 Å². The normalized spacial score (nSPS) is 14.2. The van der Waals surface area contributed by atoms with Gasteiger partial charge in [0.05, 0.1) is 16.4 Å². The van der Waals surface area contributed by atoms with E-state index in [1.807, 2.05) is 0 Å². The number of benzene rings is 2. The second-order valence-electron chi connectivity index (χ2n) is 7.29. The van der Waals surface area contributed by atoms with Crippen molar-refractivity contribution in [3.63, 3.8) is 0 Å². The number of fused-ring (bicyclic) bond motifs is 1. The summed E-state index contributed by atoms with van der Waals surface area (Å²) in [4.78, 5) is 25.3. The SMILES string of the molecule is Cc1c(C(=O)Nc2cc(Cl)ccc2Cl)oc2c1/C(=N/NC(=O)c1ccc(Br)cc1)CCC2. The van der Waals surface area contributed by atoms with Gasteiger partial charge in [-0.05, 0) is 62.2 Å². The Hall–Kier alpha value is -2.61. The second kappa shape index (κ2) is 9.48. The van der Waals surface area contributed by atoms with E-state index in [0.717, 1.165) is 16.5 Å². The predicted molar refractivity (Wildman–Crippen MR) is 129 cm³/mol. The molecule has 3 aromatic rings. The average molecular weight is 535 g/mol. The fraction of sp³-hybridized carbons (Fsp3) is 0.174. The Balaban J connectivity index is 1.57. The Morgan fingerprint density at radius 1 is 1.06 bits per heavy atom. The fourth-order valence-electron chi connectivity index (χ4n) is 3.55. The van der Waals surface area contributed by atoms with Crippen molar-refractivity contribution in [2.45, 2.75) is 26.2 Å². The molecular weight excluding hydrogens is 517 g/mol. The Bertz CT molecular complexity index is 1240. The molecule has 0 atom stereocenters. The Morgan fingerprint density at radius 3 is 2.56 bits per heavy atom. The summed E-state index contributed by atoms with van der Waals surface area (Å²) >= 11 is 15.5.